The van der Waals surface area contributed by atoms with Crippen molar-refractivity contribution in [2.45, 2.75) is 43.7 Å². The van der Waals surface area contributed by atoms with E-state index in [1.165, 1.54) is 0 Å². The Morgan fingerprint density at radius 1 is 1.12 bits per heavy atom. The summed E-state index contributed by atoms with van der Waals surface area (Å²) in [5.74, 6) is -7.39. The molecule has 0 spiro atoms. The lowest BCUT2D eigenvalue weighted by molar-refractivity contribution is -0.291. The minimum absolute atomic E-state index is 0.110. The molecular weight excluding hydrogens is 350 g/mol. The number of fused-ring (bicyclic) bond motifs is 1. The Morgan fingerprint density at radius 2 is 1.75 bits per heavy atom. The second kappa shape index (κ2) is 6.36. The second-order valence-corrected chi connectivity index (χ2v) is 5.40. The van der Waals surface area contributed by atoms with E-state index in [2.05, 4.69) is 4.98 Å². The number of hydrogen-bond donors (Lipinski definition) is 0. The third-order valence-corrected chi connectivity index (χ3v) is 3.80. The number of pyridine rings is 1. The Morgan fingerprint density at radius 3 is 2.29 bits per heavy atom. The fraction of sp³-hybridized carbons (Fsp3) is 0.643. The lowest BCUT2D eigenvalue weighted by atomic mass is 9.97. The van der Waals surface area contributed by atoms with Crippen molar-refractivity contribution in [3.05, 3.63) is 23.0 Å². The van der Waals surface area contributed by atoms with Crippen LogP contribution in [0.2, 0.25) is 0 Å². The van der Waals surface area contributed by atoms with Gasteiger partial charge in [0.25, 0.3) is 0 Å². The van der Waals surface area contributed by atoms with Gasteiger partial charge in [0.2, 0.25) is 0 Å². The van der Waals surface area contributed by atoms with Gasteiger partial charge < -0.3 is 4.74 Å². The van der Waals surface area contributed by atoms with E-state index in [4.69, 9.17) is 4.74 Å². The molecule has 1 aliphatic rings. The van der Waals surface area contributed by atoms with Crippen LogP contribution >= 0.6 is 0 Å². The number of nitrogens with zero attached hydrogens (tertiary/aromatic N) is 1. The third kappa shape index (κ3) is 2.90. The summed E-state index contributed by atoms with van der Waals surface area (Å²) in [6, 6.07) is 0. The smallest absolute Gasteiger partial charge is 0.459 e. The Balaban J connectivity index is 2.58. The molecule has 0 bridgehead atoms. The van der Waals surface area contributed by atoms with Gasteiger partial charge >= 0.3 is 12.1 Å². The van der Waals surface area contributed by atoms with Crippen LogP contribution in [-0.4, -0.2) is 30.6 Å². The molecule has 0 N–H and O–H groups in total. The van der Waals surface area contributed by atoms with Crippen LogP contribution in [0, 0.1) is 0 Å². The molecule has 10 heteroatoms. The minimum atomic E-state index is -5.97. The fourth-order valence-electron chi connectivity index (χ4n) is 2.58. The van der Waals surface area contributed by atoms with Crippen molar-refractivity contribution < 1.29 is 39.9 Å². The number of ether oxygens (including phenoxy) is 1. The van der Waals surface area contributed by atoms with E-state index in [0.717, 1.165) is 6.92 Å². The lowest BCUT2D eigenvalue weighted by Gasteiger charge is -2.23. The molecule has 2 rings (SSSR count). The van der Waals surface area contributed by atoms with Crippen LogP contribution in [0.4, 0.5) is 35.1 Å². The van der Waals surface area contributed by atoms with Crippen LogP contribution in [0.5, 0.6) is 5.75 Å². The van der Waals surface area contributed by atoms with Crippen molar-refractivity contribution >= 4 is 0 Å². The van der Waals surface area contributed by atoms with Crippen LogP contribution < -0.4 is 4.74 Å². The highest BCUT2D eigenvalue weighted by atomic mass is 19.4. The molecule has 2 nitrogen and oxygen atoms in total. The average molecular weight is 363 g/mol. The Kier molecular flexibility index (Phi) is 4.96. The van der Waals surface area contributed by atoms with Gasteiger partial charge in [-0.05, 0) is 5.56 Å². The maximum absolute atomic E-state index is 14.1. The zero-order valence-electron chi connectivity index (χ0n) is 12.3. The highest BCUT2D eigenvalue weighted by Crippen LogP contribution is 2.54. The summed E-state index contributed by atoms with van der Waals surface area (Å²) in [4.78, 5) is 3.06. The summed E-state index contributed by atoms with van der Waals surface area (Å²) < 4.78 is 110. The molecule has 1 aromatic heterocycles. The molecule has 1 aliphatic carbocycles. The van der Waals surface area contributed by atoms with Crippen LogP contribution in [0.25, 0.3) is 0 Å². The Bertz CT molecular complexity index is 603. The van der Waals surface area contributed by atoms with Gasteiger partial charge in [0.05, 0.1) is 19.5 Å². The molecule has 3 atom stereocenters. The molecule has 1 aromatic rings. The highest BCUT2D eigenvalue weighted by molar-refractivity contribution is 5.51. The first kappa shape index (κ1) is 18.7. The number of hydrogen-bond acceptors (Lipinski definition) is 2. The Hall–Kier alpha value is -1.61. The molecule has 0 saturated heterocycles. The fourth-order valence-corrected chi connectivity index (χ4v) is 2.58. The van der Waals surface area contributed by atoms with Crippen LogP contribution in [0.1, 0.15) is 42.3 Å². The van der Waals surface area contributed by atoms with Gasteiger partial charge in [0.1, 0.15) is 17.6 Å². The summed E-state index contributed by atoms with van der Waals surface area (Å²) in [6.45, 7) is -0.0647. The highest BCUT2D eigenvalue weighted by Gasteiger charge is 2.62. The molecule has 0 fully saturated rings. The molecule has 0 aliphatic heterocycles. The SMILES string of the molecule is C[C@H]1c2c(C(F)(F)C(F)(F)F)ncc(OCCCF)c2[C@@H](F)[C@H]1F. The van der Waals surface area contributed by atoms with E-state index in [0.29, 0.717) is 6.20 Å². The molecule has 0 radical (unpaired) electrons. The van der Waals surface area contributed by atoms with E-state index in [-0.39, 0.29) is 13.0 Å². The number of alkyl halides is 8. The molecule has 0 unspecified atom stereocenters. The van der Waals surface area contributed by atoms with E-state index >= 15 is 0 Å². The zero-order valence-corrected chi connectivity index (χ0v) is 12.3. The van der Waals surface area contributed by atoms with Gasteiger partial charge in [-0.3, -0.25) is 9.37 Å². The van der Waals surface area contributed by atoms with E-state index < -0.39 is 59.6 Å². The van der Waals surface area contributed by atoms with Crippen LogP contribution in [0.15, 0.2) is 6.20 Å². The molecule has 24 heavy (non-hydrogen) atoms. The van der Waals surface area contributed by atoms with Crippen molar-refractivity contribution in [2.24, 2.45) is 0 Å². The van der Waals surface area contributed by atoms with E-state index in [1.54, 1.807) is 0 Å². The standard InChI is InChI=1S/C14H13F8NO/c1-6-8-9(11(17)10(6)16)7(24-4-2-3-15)5-23-12(8)13(18,19)14(20,21)22/h5-6,10-11H,2-4H2,1H3/t6-,10-,11+/m0/s1. The number of rotatable bonds is 5. The first-order valence-electron chi connectivity index (χ1n) is 6.98. The minimum Gasteiger partial charge on any atom is -0.491 e. The van der Waals surface area contributed by atoms with Gasteiger partial charge in [-0.1, -0.05) is 6.92 Å². The molecule has 136 valence electrons. The average Bonchev–Trinajstić information content (AvgIpc) is 2.72. The third-order valence-electron chi connectivity index (χ3n) is 3.80. The maximum Gasteiger partial charge on any atom is 0.459 e. The predicted octanol–water partition coefficient (Wildman–Crippen LogP) is 4.94. The summed E-state index contributed by atoms with van der Waals surface area (Å²) in [7, 11) is 0. The Labute approximate surface area is 131 Å². The van der Waals surface area contributed by atoms with Crippen molar-refractivity contribution in [1.82, 2.24) is 4.98 Å². The monoisotopic (exact) mass is 363 g/mol. The maximum atomic E-state index is 14.1. The molecule has 0 saturated carbocycles. The normalized spacial score (nSPS) is 24.1. The van der Waals surface area contributed by atoms with Crippen molar-refractivity contribution in [3.8, 4) is 5.75 Å². The zero-order chi connectivity index (χ0) is 18.3. The molecular formula is C14H13F8NO. The molecule has 0 aromatic carbocycles. The summed E-state index contributed by atoms with van der Waals surface area (Å²) in [6.07, 6.45) is -10.3. The van der Waals surface area contributed by atoms with Gasteiger partial charge in [-0.2, -0.15) is 22.0 Å². The topological polar surface area (TPSA) is 22.1 Å². The largest absolute Gasteiger partial charge is 0.491 e. The summed E-state index contributed by atoms with van der Waals surface area (Å²) >= 11 is 0. The number of halogens is 8. The molecule has 0 amide bonds. The molecule has 1 heterocycles. The van der Waals surface area contributed by atoms with E-state index in [1.807, 2.05) is 0 Å². The van der Waals surface area contributed by atoms with Crippen LogP contribution in [-0.2, 0) is 5.92 Å². The van der Waals surface area contributed by atoms with Gasteiger partial charge in [-0.25, -0.2) is 8.78 Å². The predicted molar refractivity (Wildman–Crippen MR) is 67.4 cm³/mol. The van der Waals surface area contributed by atoms with Crippen LogP contribution in [0.3, 0.4) is 0 Å². The quantitative estimate of drug-likeness (QED) is 0.546. The lowest BCUT2D eigenvalue weighted by Crippen LogP contribution is -2.36. The van der Waals surface area contributed by atoms with Crippen molar-refractivity contribution in [2.75, 3.05) is 13.3 Å². The van der Waals surface area contributed by atoms with Gasteiger partial charge in [0, 0.05) is 17.9 Å². The van der Waals surface area contributed by atoms with E-state index in [9.17, 15) is 35.1 Å². The first-order chi connectivity index (χ1) is 11.0. The van der Waals surface area contributed by atoms with Crippen molar-refractivity contribution in [3.63, 3.8) is 0 Å². The van der Waals surface area contributed by atoms with Gasteiger partial charge in [-0.15, -0.1) is 0 Å². The first-order valence-corrected chi connectivity index (χ1v) is 6.98. The van der Waals surface area contributed by atoms with Gasteiger partial charge in [0.15, 0.2) is 6.17 Å². The van der Waals surface area contributed by atoms with Crippen molar-refractivity contribution in [1.29, 1.82) is 0 Å². The summed E-state index contributed by atoms with van der Waals surface area (Å²) in [5.41, 5.74) is -3.31. The summed E-state index contributed by atoms with van der Waals surface area (Å²) in [5, 5.41) is 0. The number of aromatic nitrogens is 1. The second-order valence-electron chi connectivity index (χ2n) is 5.40.